The number of hydrogen-bond acceptors (Lipinski definition) is 7. The third kappa shape index (κ3) is 2.93. The Morgan fingerprint density at radius 3 is 2.06 bits per heavy atom. The van der Waals surface area contributed by atoms with Gasteiger partial charge in [0.15, 0.2) is 0 Å². The fourth-order valence-electron chi connectivity index (χ4n) is 0.767. The molecule has 0 aliphatic carbocycles. The first-order valence-corrected chi connectivity index (χ1v) is 7.36. The van der Waals surface area contributed by atoms with Gasteiger partial charge in [0.25, 0.3) is 22.2 Å². The third-order valence-electron chi connectivity index (χ3n) is 1.42. The van der Waals surface area contributed by atoms with E-state index in [-0.39, 0.29) is 0 Å². The highest BCUT2D eigenvalue weighted by Gasteiger charge is 2.21. The summed E-state index contributed by atoms with van der Waals surface area (Å²) >= 11 is 0.520. The maximum Gasteiger partial charge on any atom is 0.302 e. The Balaban J connectivity index is 3.37. The Morgan fingerprint density at radius 2 is 1.53 bits per heavy atom. The maximum atomic E-state index is 11.2. The molecule has 0 aromatic carbocycles. The highest BCUT2D eigenvalue weighted by atomic mass is 32.2. The van der Waals surface area contributed by atoms with Crippen LogP contribution in [0.1, 0.15) is 0 Å². The van der Waals surface area contributed by atoms with Crippen molar-refractivity contribution in [1.82, 2.24) is 0 Å². The average Bonchev–Trinajstić information content (AvgIpc) is 2.67. The van der Waals surface area contributed by atoms with Gasteiger partial charge < -0.3 is 0 Å². The van der Waals surface area contributed by atoms with Crippen LogP contribution in [0.2, 0.25) is 0 Å². The Bertz CT molecular complexity index is 668. The van der Waals surface area contributed by atoms with E-state index < -0.39 is 29.2 Å². The van der Waals surface area contributed by atoms with Crippen LogP contribution in [0.25, 0.3) is 0 Å². The van der Waals surface area contributed by atoms with Gasteiger partial charge in [0.2, 0.25) is 0 Å². The Labute approximate surface area is 99.4 Å². The number of hydrogen-bond donors (Lipinski definition) is 0. The predicted octanol–water partition coefficient (Wildman–Crippen LogP) is -0.203. The van der Waals surface area contributed by atoms with Gasteiger partial charge in [-0.05, 0) is 6.07 Å². The number of carbonyl (C=O) groups excluding carboxylic acids is 2. The molecule has 8 nitrogen and oxygen atoms in total. The lowest BCUT2D eigenvalue weighted by Crippen LogP contribution is -1.95. The normalized spacial score (nSPS) is 11.3. The van der Waals surface area contributed by atoms with Gasteiger partial charge in [-0.2, -0.15) is 16.8 Å². The summed E-state index contributed by atoms with van der Waals surface area (Å²) in [5.41, 5.74) is 0. The molecule has 0 spiro atoms. The molecule has 0 aliphatic heterocycles. The fraction of sp³-hybridized carbons (Fsp3) is 0. The number of isocyanates is 2. The van der Waals surface area contributed by atoms with Crippen molar-refractivity contribution >= 4 is 43.5 Å². The largest absolute Gasteiger partial charge is 0.302 e. The molecule has 1 rings (SSSR count). The zero-order valence-electron chi connectivity index (χ0n) is 7.72. The molecular formula is C6H2N2O6S3. The molecule has 0 unspecified atom stereocenters. The second kappa shape index (κ2) is 4.70. The second-order valence-electron chi connectivity index (χ2n) is 2.42. The van der Waals surface area contributed by atoms with Crippen molar-refractivity contribution in [2.45, 2.75) is 9.10 Å². The predicted molar refractivity (Wildman–Crippen MR) is 54.9 cm³/mol. The summed E-state index contributed by atoms with van der Waals surface area (Å²) in [5.74, 6) is 0. The molecule has 0 radical (unpaired) electrons. The van der Waals surface area contributed by atoms with Gasteiger partial charge in [-0.25, -0.2) is 9.59 Å². The van der Waals surface area contributed by atoms with Crippen LogP contribution >= 0.6 is 11.3 Å². The number of thiophene rings is 1. The molecule has 0 N–H and O–H groups in total. The first-order valence-electron chi connectivity index (χ1n) is 3.60. The molecule has 0 saturated carbocycles. The van der Waals surface area contributed by atoms with Crippen LogP contribution in [0, 0.1) is 0 Å². The van der Waals surface area contributed by atoms with Gasteiger partial charge in [0.1, 0.15) is 9.10 Å². The molecule has 1 heterocycles. The monoisotopic (exact) mass is 294 g/mol. The van der Waals surface area contributed by atoms with Crippen molar-refractivity contribution in [3.63, 3.8) is 0 Å². The van der Waals surface area contributed by atoms with Crippen LogP contribution in [-0.2, 0) is 29.6 Å². The molecule has 0 aliphatic rings. The van der Waals surface area contributed by atoms with Crippen LogP contribution in [0.15, 0.2) is 29.3 Å². The smallest absolute Gasteiger partial charge is 0.210 e. The zero-order valence-corrected chi connectivity index (χ0v) is 10.2. The molecular weight excluding hydrogens is 292 g/mol. The lowest BCUT2D eigenvalue weighted by molar-refractivity contribution is 0.562. The molecule has 0 fully saturated rings. The van der Waals surface area contributed by atoms with Crippen molar-refractivity contribution in [3.05, 3.63) is 11.4 Å². The van der Waals surface area contributed by atoms with E-state index in [1.165, 1.54) is 0 Å². The Morgan fingerprint density at radius 1 is 1.00 bits per heavy atom. The number of sulfonamides is 2. The summed E-state index contributed by atoms with van der Waals surface area (Å²) < 4.78 is 49.4. The third-order valence-corrected chi connectivity index (χ3v) is 5.30. The SMILES string of the molecule is O=C=NS(=O)(=O)c1csc(S(=O)(=O)N=C=O)c1. The van der Waals surface area contributed by atoms with Crippen molar-refractivity contribution in [2.24, 2.45) is 8.80 Å². The summed E-state index contributed by atoms with van der Waals surface area (Å²) in [7, 11) is -8.51. The van der Waals surface area contributed by atoms with Crippen molar-refractivity contribution in [1.29, 1.82) is 0 Å². The lowest BCUT2D eigenvalue weighted by Gasteiger charge is -1.89. The van der Waals surface area contributed by atoms with Crippen LogP contribution in [0.5, 0.6) is 0 Å². The lowest BCUT2D eigenvalue weighted by atomic mass is 10.7. The summed E-state index contributed by atoms with van der Waals surface area (Å²) in [5, 5.41) is 0.948. The Hall–Kier alpha value is -1.64. The number of rotatable bonds is 4. The van der Waals surface area contributed by atoms with E-state index >= 15 is 0 Å². The van der Waals surface area contributed by atoms with Crippen molar-refractivity contribution in [2.75, 3.05) is 0 Å². The highest BCUT2D eigenvalue weighted by Crippen LogP contribution is 2.25. The summed E-state index contributed by atoms with van der Waals surface area (Å²) in [6.07, 6.45) is 1.67. The first kappa shape index (κ1) is 13.4. The summed E-state index contributed by atoms with van der Waals surface area (Å²) in [6, 6.07) is 0.733. The van der Waals surface area contributed by atoms with Crippen LogP contribution in [0.4, 0.5) is 0 Å². The van der Waals surface area contributed by atoms with Crippen molar-refractivity contribution < 1.29 is 26.4 Å². The molecule has 1 aromatic heterocycles. The van der Waals surface area contributed by atoms with E-state index in [4.69, 9.17) is 0 Å². The number of nitrogens with zero attached hydrogens (tertiary/aromatic N) is 2. The highest BCUT2D eigenvalue weighted by molar-refractivity contribution is 7.92. The molecule has 17 heavy (non-hydrogen) atoms. The zero-order chi connectivity index (χ0) is 13.1. The van der Waals surface area contributed by atoms with Gasteiger partial charge in [-0.1, -0.05) is 8.80 Å². The van der Waals surface area contributed by atoms with Gasteiger partial charge in [0, 0.05) is 5.38 Å². The van der Waals surface area contributed by atoms with Gasteiger partial charge in [-0.15, -0.1) is 11.3 Å². The van der Waals surface area contributed by atoms with Gasteiger partial charge in [-0.3, -0.25) is 0 Å². The van der Waals surface area contributed by atoms with Crippen molar-refractivity contribution in [3.8, 4) is 0 Å². The van der Waals surface area contributed by atoms with E-state index in [2.05, 4.69) is 8.80 Å². The van der Waals surface area contributed by atoms with E-state index in [1.807, 2.05) is 0 Å². The van der Waals surface area contributed by atoms with Gasteiger partial charge in [0.05, 0.1) is 0 Å². The molecule has 0 atom stereocenters. The van der Waals surface area contributed by atoms with E-state index in [1.54, 1.807) is 0 Å². The maximum absolute atomic E-state index is 11.2. The minimum Gasteiger partial charge on any atom is -0.210 e. The summed E-state index contributed by atoms with van der Waals surface area (Å²) in [4.78, 5) is 19.2. The minimum atomic E-state index is -4.26. The van der Waals surface area contributed by atoms with Crippen LogP contribution in [0.3, 0.4) is 0 Å². The standard InChI is InChI=1S/C6H2N2O6S3/c9-3-7-16(11,12)5-1-6(15-2-5)17(13,14)8-4-10/h1-2H. The fourth-order valence-corrected chi connectivity index (χ4v) is 3.72. The minimum absolute atomic E-state index is 0.472. The quantitative estimate of drug-likeness (QED) is 0.558. The molecule has 90 valence electrons. The van der Waals surface area contributed by atoms with E-state index in [0.717, 1.165) is 23.6 Å². The van der Waals surface area contributed by atoms with Crippen LogP contribution in [-0.4, -0.2) is 29.0 Å². The summed E-state index contributed by atoms with van der Waals surface area (Å²) in [6.45, 7) is 0. The van der Waals surface area contributed by atoms with E-state index in [0.29, 0.717) is 11.3 Å². The Kier molecular flexibility index (Phi) is 3.71. The first-order chi connectivity index (χ1) is 7.83. The molecule has 0 bridgehead atoms. The molecule has 0 amide bonds. The van der Waals surface area contributed by atoms with E-state index in [9.17, 15) is 26.4 Å². The van der Waals surface area contributed by atoms with Gasteiger partial charge >= 0.3 is 10.0 Å². The molecule has 11 heteroatoms. The second-order valence-corrected chi connectivity index (χ2v) is 6.76. The molecule has 1 aromatic rings. The average molecular weight is 294 g/mol. The van der Waals surface area contributed by atoms with Crippen LogP contribution < -0.4 is 0 Å². The topological polar surface area (TPSA) is 127 Å². The molecule has 0 saturated heterocycles.